The summed E-state index contributed by atoms with van der Waals surface area (Å²) in [7, 11) is 0. The molecular formula is C15H11Br2FN2S. The largest absolute Gasteiger partial charge is 0.330 e. The van der Waals surface area contributed by atoms with E-state index in [0.717, 1.165) is 32.3 Å². The number of imidazole rings is 1. The van der Waals surface area contributed by atoms with Gasteiger partial charge in [-0.1, -0.05) is 15.9 Å². The van der Waals surface area contributed by atoms with Crippen molar-refractivity contribution in [2.24, 2.45) is 0 Å². The van der Waals surface area contributed by atoms with Gasteiger partial charge in [0.15, 0.2) is 4.77 Å². The highest BCUT2D eigenvalue weighted by atomic mass is 79.9. The molecule has 0 aliphatic heterocycles. The van der Waals surface area contributed by atoms with Gasteiger partial charge in [0, 0.05) is 10.5 Å². The number of benzene rings is 2. The molecule has 0 unspecified atom stereocenters. The molecule has 0 atom stereocenters. The Bertz CT molecular complexity index is 904. The molecule has 2 aromatic carbocycles. The van der Waals surface area contributed by atoms with Crippen LogP contribution in [0.3, 0.4) is 0 Å². The average molecular weight is 430 g/mol. The Hall–Kier alpha value is -0.980. The standard InChI is InChI=1S/C15H11Br2FN2S/c1-7-3-9(16)4-8(2)14(7)20-13-6-11(18)10(17)5-12(13)19-15(20)21/h3-6H,1-2H3,(H,19,21). The predicted molar refractivity (Wildman–Crippen MR) is 93.3 cm³/mol. The molecule has 6 heteroatoms. The minimum atomic E-state index is -0.308. The van der Waals surface area contributed by atoms with Crippen LogP contribution in [0, 0.1) is 24.4 Å². The fourth-order valence-corrected chi connectivity index (χ4v) is 3.91. The maximum absolute atomic E-state index is 13.9. The molecule has 0 amide bonds. The van der Waals surface area contributed by atoms with Crippen molar-refractivity contribution in [1.29, 1.82) is 0 Å². The van der Waals surface area contributed by atoms with E-state index in [2.05, 4.69) is 36.8 Å². The summed E-state index contributed by atoms with van der Waals surface area (Å²) in [4.78, 5) is 3.13. The molecule has 0 spiro atoms. The molecule has 3 rings (SSSR count). The summed E-state index contributed by atoms with van der Waals surface area (Å²) in [5, 5.41) is 0. The molecule has 0 radical (unpaired) electrons. The Balaban J connectivity index is 2.44. The van der Waals surface area contributed by atoms with E-state index in [1.807, 2.05) is 30.5 Å². The highest BCUT2D eigenvalue weighted by Crippen LogP contribution is 2.30. The van der Waals surface area contributed by atoms with E-state index in [4.69, 9.17) is 12.2 Å². The van der Waals surface area contributed by atoms with E-state index >= 15 is 0 Å². The topological polar surface area (TPSA) is 20.7 Å². The number of hydrogen-bond acceptors (Lipinski definition) is 1. The zero-order valence-corrected chi connectivity index (χ0v) is 15.3. The fourth-order valence-electron chi connectivity index (χ4n) is 2.58. The Morgan fingerprint density at radius 2 is 1.71 bits per heavy atom. The first-order valence-electron chi connectivity index (χ1n) is 6.25. The molecule has 0 saturated heterocycles. The van der Waals surface area contributed by atoms with Gasteiger partial charge < -0.3 is 4.98 Å². The van der Waals surface area contributed by atoms with Gasteiger partial charge in [-0.2, -0.15) is 0 Å². The van der Waals surface area contributed by atoms with Gasteiger partial charge in [0.05, 0.1) is 21.2 Å². The van der Waals surface area contributed by atoms with Gasteiger partial charge in [-0.05, 0) is 71.3 Å². The number of aryl methyl sites for hydroxylation is 2. The van der Waals surface area contributed by atoms with E-state index in [-0.39, 0.29) is 5.82 Å². The van der Waals surface area contributed by atoms with Crippen LogP contribution in [0.5, 0.6) is 0 Å². The van der Waals surface area contributed by atoms with Crippen LogP contribution in [0.15, 0.2) is 33.2 Å². The molecule has 2 nitrogen and oxygen atoms in total. The van der Waals surface area contributed by atoms with Gasteiger partial charge >= 0.3 is 0 Å². The maximum Gasteiger partial charge on any atom is 0.182 e. The van der Waals surface area contributed by atoms with Gasteiger partial charge in [0.25, 0.3) is 0 Å². The van der Waals surface area contributed by atoms with Crippen LogP contribution in [0.1, 0.15) is 11.1 Å². The zero-order chi connectivity index (χ0) is 15.3. The van der Waals surface area contributed by atoms with E-state index in [9.17, 15) is 4.39 Å². The molecule has 0 saturated carbocycles. The van der Waals surface area contributed by atoms with Crippen LogP contribution in [-0.2, 0) is 0 Å². The van der Waals surface area contributed by atoms with Crippen LogP contribution >= 0.6 is 44.1 Å². The van der Waals surface area contributed by atoms with Crippen LogP contribution in [0.4, 0.5) is 4.39 Å². The molecule has 0 bridgehead atoms. The number of nitrogens with zero attached hydrogens (tertiary/aromatic N) is 1. The summed E-state index contributed by atoms with van der Waals surface area (Å²) in [6.45, 7) is 4.03. The number of fused-ring (bicyclic) bond motifs is 1. The Morgan fingerprint density at radius 1 is 1.10 bits per heavy atom. The molecule has 0 aliphatic rings. The molecule has 1 N–H and O–H groups in total. The SMILES string of the molecule is Cc1cc(Br)cc(C)c1-n1c(=S)[nH]c2cc(Br)c(F)cc21. The first-order chi connectivity index (χ1) is 9.88. The second-order valence-electron chi connectivity index (χ2n) is 4.94. The Kier molecular flexibility index (Phi) is 3.80. The Morgan fingerprint density at radius 3 is 2.33 bits per heavy atom. The van der Waals surface area contributed by atoms with Crippen molar-refractivity contribution in [3.8, 4) is 5.69 Å². The average Bonchev–Trinajstić information content (AvgIpc) is 2.66. The number of halogens is 3. The van der Waals surface area contributed by atoms with Crippen molar-refractivity contribution in [3.05, 3.63) is 54.9 Å². The maximum atomic E-state index is 13.9. The normalized spacial score (nSPS) is 11.3. The Labute approximate surface area is 143 Å². The lowest BCUT2D eigenvalue weighted by molar-refractivity contribution is 0.622. The summed E-state index contributed by atoms with van der Waals surface area (Å²) in [5.74, 6) is -0.308. The highest BCUT2D eigenvalue weighted by molar-refractivity contribution is 9.10. The lowest BCUT2D eigenvalue weighted by Crippen LogP contribution is -2.00. The number of rotatable bonds is 1. The van der Waals surface area contributed by atoms with Crippen molar-refractivity contribution in [1.82, 2.24) is 9.55 Å². The number of H-pyrrole nitrogens is 1. The minimum absolute atomic E-state index is 0.308. The van der Waals surface area contributed by atoms with Crippen molar-refractivity contribution in [2.75, 3.05) is 0 Å². The van der Waals surface area contributed by atoms with E-state index in [0.29, 0.717) is 9.24 Å². The third-order valence-electron chi connectivity index (χ3n) is 3.40. The smallest absolute Gasteiger partial charge is 0.182 e. The lowest BCUT2D eigenvalue weighted by atomic mass is 10.1. The molecular weight excluding hydrogens is 419 g/mol. The summed E-state index contributed by atoms with van der Waals surface area (Å²) in [5.41, 5.74) is 4.66. The second-order valence-corrected chi connectivity index (χ2v) is 7.09. The van der Waals surface area contributed by atoms with Gasteiger partial charge in [-0.3, -0.25) is 4.57 Å². The van der Waals surface area contributed by atoms with Crippen molar-refractivity contribution >= 4 is 55.1 Å². The van der Waals surface area contributed by atoms with Gasteiger partial charge in [0.1, 0.15) is 5.82 Å². The van der Waals surface area contributed by atoms with Crippen molar-refractivity contribution < 1.29 is 4.39 Å². The first kappa shape index (κ1) is 14.9. The van der Waals surface area contributed by atoms with E-state index in [1.165, 1.54) is 6.07 Å². The van der Waals surface area contributed by atoms with Gasteiger partial charge in [-0.15, -0.1) is 0 Å². The quantitative estimate of drug-likeness (QED) is 0.472. The third-order valence-corrected chi connectivity index (χ3v) is 4.75. The van der Waals surface area contributed by atoms with Crippen molar-refractivity contribution in [3.63, 3.8) is 0 Å². The first-order valence-corrected chi connectivity index (χ1v) is 8.25. The zero-order valence-electron chi connectivity index (χ0n) is 11.3. The molecule has 1 aromatic heterocycles. The van der Waals surface area contributed by atoms with Gasteiger partial charge in [0.2, 0.25) is 0 Å². The van der Waals surface area contributed by atoms with E-state index in [1.54, 1.807) is 6.07 Å². The molecule has 0 aliphatic carbocycles. The second kappa shape index (κ2) is 5.34. The molecule has 1 heterocycles. The monoisotopic (exact) mass is 428 g/mol. The van der Waals surface area contributed by atoms with Gasteiger partial charge in [-0.25, -0.2) is 4.39 Å². The number of hydrogen-bond donors (Lipinski definition) is 1. The summed E-state index contributed by atoms with van der Waals surface area (Å²) < 4.78 is 17.8. The summed E-state index contributed by atoms with van der Waals surface area (Å²) >= 11 is 12.1. The molecule has 0 fully saturated rings. The molecule has 3 aromatic rings. The van der Waals surface area contributed by atoms with E-state index < -0.39 is 0 Å². The third kappa shape index (κ3) is 2.49. The fraction of sp³-hybridized carbons (Fsp3) is 0.133. The summed E-state index contributed by atoms with van der Waals surface area (Å²) in [6.07, 6.45) is 0. The molecule has 21 heavy (non-hydrogen) atoms. The number of aromatic amines is 1. The van der Waals surface area contributed by atoms with Crippen LogP contribution in [-0.4, -0.2) is 9.55 Å². The van der Waals surface area contributed by atoms with Crippen LogP contribution in [0.25, 0.3) is 16.7 Å². The predicted octanol–water partition coefficient (Wildman–Crippen LogP) is 5.97. The molecule has 108 valence electrons. The van der Waals surface area contributed by atoms with Crippen molar-refractivity contribution in [2.45, 2.75) is 13.8 Å². The minimum Gasteiger partial charge on any atom is -0.330 e. The lowest BCUT2D eigenvalue weighted by Gasteiger charge is -2.13. The number of nitrogens with one attached hydrogen (secondary N) is 1. The summed E-state index contributed by atoms with van der Waals surface area (Å²) in [6, 6.07) is 7.25. The highest BCUT2D eigenvalue weighted by Gasteiger charge is 2.14. The van der Waals surface area contributed by atoms with Crippen LogP contribution < -0.4 is 0 Å². The number of aromatic nitrogens is 2. The van der Waals surface area contributed by atoms with Crippen LogP contribution in [0.2, 0.25) is 0 Å².